The van der Waals surface area contributed by atoms with E-state index in [0.29, 0.717) is 0 Å². The van der Waals surface area contributed by atoms with Gasteiger partial charge in [-0.1, -0.05) is 18.2 Å². The summed E-state index contributed by atoms with van der Waals surface area (Å²) in [7, 11) is 0. The number of amides is 1. The molecule has 25 heavy (non-hydrogen) atoms. The zero-order valence-corrected chi connectivity index (χ0v) is 16.0. The lowest BCUT2D eigenvalue weighted by Crippen LogP contribution is -2.40. The minimum absolute atomic E-state index is 0. The van der Waals surface area contributed by atoms with E-state index >= 15 is 0 Å². The molecule has 0 unspecified atom stereocenters. The molecule has 1 aromatic carbocycles. The van der Waals surface area contributed by atoms with Crippen molar-refractivity contribution < 1.29 is 4.79 Å². The number of rotatable bonds is 6. The molecular formula is C19H26ClN3OS. The van der Waals surface area contributed by atoms with Gasteiger partial charge in [0.05, 0.1) is 0 Å². The minimum Gasteiger partial charge on any atom is -0.399 e. The zero-order chi connectivity index (χ0) is 16.8. The first-order chi connectivity index (χ1) is 11.7. The van der Waals surface area contributed by atoms with E-state index in [1.165, 1.54) is 10.4 Å². The number of anilines is 1. The summed E-state index contributed by atoms with van der Waals surface area (Å²) >= 11 is 1.75. The highest BCUT2D eigenvalue weighted by Crippen LogP contribution is 2.20. The minimum atomic E-state index is 0. The zero-order valence-electron chi connectivity index (χ0n) is 14.3. The maximum atomic E-state index is 12.3. The SMILES string of the molecule is Cl.Nc1cccc(CN2CCC(C(=O)NCCc3cccs3)CC2)c1. The molecule has 4 nitrogen and oxygen atoms in total. The lowest BCUT2D eigenvalue weighted by atomic mass is 9.95. The fourth-order valence-corrected chi connectivity index (χ4v) is 3.92. The summed E-state index contributed by atoms with van der Waals surface area (Å²) in [6.45, 7) is 3.59. The van der Waals surface area contributed by atoms with Crippen molar-refractivity contribution in [3.05, 3.63) is 52.2 Å². The van der Waals surface area contributed by atoms with Crippen LogP contribution in [-0.4, -0.2) is 30.4 Å². The van der Waals surface area contributed by atoms with Gasteiger partial charge in [0.15, 0.2) is 0 Å². The second-order valence-electron chi connectivity index (χ2n) is 6.42. The van der Waals surface area contributed by atoms with Crippen molar-refractivity contribution in [2.24, 2.45) is 5.92 Å². The molecule has 0 atom stereocenters. The van der Waals surface area contributed by atoms with Crippen LogP contribution in [0.25, 0.3) is 0 Å². The van der Waals surface area contributed by atoms with E-state index in [0.717, 1.165) is 51.1 Å². The number of benzene rings is 1. The Morgan fingerprint density at radius 3 is 2.72 bits per heavy atom. The van der Waals surface area contributed by atoms with Crippen LogP contribution in [0.1, 0.15) is 23.3 Å². The molecule has 0 bridgehead atoms. The summed E-state index contributed by atoms with van der Waals surface area (Å²) in [6.07, 6.45) is 2.80. The Labute approximate surface area is 159 Å². The molecule has 0 spiro atoms. The molecule has 6 heteroatoms. The summed E-state index contributed by atoms with van der Waals surface area (Å²) in [5.41, 5.74) is 7.89. The van der Waals surface area contributed by atoms with E-state index in [4.69, 9.17) is 5.73 Å². The Hall–Kier alpha value is -1.56. The number of nitrogens with zero attached hydrogens (tertiary/aromatic N) is 1. The van der Waals surface area contributed by atoms with Gasteiger partial charge in [-0.2, -0.15) is 0 Å². The predicted octanol–water partition coefficient (Wildman–Crippen LogP) is 3.32. The number of thiophene rings is 1. The molecule has 1 amide bonds. The molecular weight excluding hydrogens is 354 g/mol. The highest BCUT2D eigenvalue weighted by molar-refractivity contribution is 7.09. The van der Waals surface area contributed by atoms with Crippen LogP contribution in [0.4, 0.5) is 5.69 Å². The number of carbonyl (C=O) groups excluding carboxylic acids is 1. The van der Waals surface area contributed by atoms with Gasteiger partial charge < -0.3 is 11.1 Å². The molecule has 0 radical (unpaired) electrons. The van der Waals surface area contributed by atoms with Crippen LogP contribution < -0.4 is 11.1 Å². The summed E-state index contributed by atoms with van der Waals surface area (Å²) in [4.78, 5) is 16.0. The first kappa shape index (κ1) is 19.8. The van der Waals surface area contributed by atoms with Gasteiger partial charge in [-0.3, -0.25) is 9.69 Å². The van der Waals surface area contributed by atoms with Crippen LogP contribution in [-0.2, 0) is 17.8 Å². The van der Waals surface area contributed by atoms with Crippen molar-refractivity contribution in [2.75, 3.05) is 25.4 Å². The van der Waals surface area contributed by atoms with Crippen molar-refractivity contribution in [3.63, 3.8) is 0 Å². The molecule has 1 saturated heterocycles. The highest BCUT2D eigenvalue weighted by Gasteiger charge is 2.24. The topological polar surface area (TPSA) is 58.4 Å². The smallest absolute Gasteiger partial charge is 0.223 e. The number of piperidine rings is 1. The van der Waals surface area contributed by atoms with E-state index in [1.807, 2.05) is 18.2 Å². The van der Waals surface area contributed by atoms with Crippen LogP contribution in [0, 0.1) is 5.92 Å². The molecule has 3 rings (SSSR count). The molecule has 0 saturated carbocycles. The largest absolute Gasteiger partial charge is 0.399 e. The Balaban J connectivity index is 0.00000225. The number of hydrogen-bond acceptors (Lipinski definition) is 4. The average molecular weight is 380 g/mol. The second-order valence-corrected chi connectivity index (χ2v) is 7.45. The Morgan fingerprint density at radius 2 is 2.04 bits per heavy atom. The lowest BCUT2D eigenvalue weighted by Gasteiger charge is -2.31. The fraction of sp³-hybridized carbons (Fsp3) is 0.421. The maximum absolute atomic E-state index is 12.3. The summed E-state index contributed by atoms with van der Waals surface area (Å²) in [5, 5.41) is 5.17. The van der Waals surface area contributed by atoms with Crippen molar-refractivity contribution in [1.29, 1.82) is 0 Å². The van der Waals surface area contributed by atoms with Crippen LogP contribution in [0.5, 0.6) is 0 Å². The first-order valence-corrected chi connectivity index (χ1v) is 9.45. The van der Waals surface area contributed by atoms with Gasteiger partial charge >= 0.3 is 0 Å². The van der Waals surface area contributed by atoms with E-state index < -0.39 is 0 Å². The van der Waals surface area contributed by atoms with E-state index in [9.17, 15) is 4.79 Å². The molecule has 1 fully saturated rings. The van der Waals surface area contributed by atoms with Crippen LogP contribution in [0.2, 0.25) is 0 Å². The molecule has 2 aromatic rings. The van der Waals surface area contributed by atoms with Crippen molar-refractivity contribution in [1.82, 2.24) is 10.2 Å². The third-order valence-electron chi connectivity index (χ3n) is 4.57. The number of likely N-dealkylation sites (tertiary alicyclic amines) is 1. The predicted molar refractivity (Wildman–Crippen MR) is 107 cm³/mol. The maximum Gasteiger partial charge on any atom is 0.223 e. The van der Waals surface area contributed by atoms with Gasteiger partial charge in [-0.05, 0) is 61.5 Å². The number of hydrogen-bond donors (Lipinski definition) is 2. The first-order valence-electron chi connectivity index (χ1n) is 8.57. The molecule has 2 heterocycles. The summed E-state index contributed by atoms with van der Waals surface area (Å²) in [5.74, 6) is 0.376. The highest BCUT2D eigenvalue weighted by atomic mass is 35.5. The van der Waals surface area contributed by atoms with Gasteiger partial charge in [0.1, 0.15) is 0 Å². The van der Waals surface area contributed by atoms with Gasteiger partial charge in [0.2, 0.25) is 5.91 Å². The van der Waals surface area contributed by atoms with Gasteiger partial charge in [0, 0.05) is 29.6 Å². The van der Waals surface area contributed by atoms with Crippen LogP contribution in [0.3, 0.4) is 0 Å². The summed E-state index contributed by atoms with van der Waals surface area (Å²) in [6, 6.07) is 12.2. The third-order valence-corrected chi connectivity index (χ3v) is 5.50. The van der Waals surface area contributed by atoms with E-state index in [-0.39, 0.29) is 24.2 Å². The second kappa shape index (κ2) is 9.80. The Bertz CT molecular complexity index is 654. The molecule has 1 aromatic heterocycles. The third kappa shape index (κ3) is 6.03. The fourth-order valence-electron chi connectivity index (χ4n) is 3.21. The normalized spacial score (nSPS) is 15.5. The number of nitrogens with one attached hydrogen (secondary N) is 1. The molecule has 3 N–H and O–H groups in total. The molecule has 0 aliphatic carbocycles. The van der Waals surface area contributed by atoms with Crippen molar-refractivity contribution >= 4 is 35.3 Å². The van der Waals surface area contributed by atoms with E-state index in [1.54, 1.807) is 11.3 Å². The Morgan fingerprint density at radius 1 is 1.24 bits per heavy atom. The average Bonchev–Trinajstić information content (AvgIpc) is 3.09. The molecule has 1 aliphatic rings. The number of nitrogen functional groups attached to an aromatic ring is 1. The van der Waals surface area contributed by atoms with Crippen molar-refractivity contribution in [3.8, 4) is 0 Å². The van der Waals surface area contributed by atoms with Gasteiger partial charge in [0.25, 0.3) is 0 Å². The van der Waals surface area contributed by atoms with Gasteiger partial charge in [-0.25, -0.2) is 0 Å². The van der Waals surface area contributed by atoms with Gasteiger partial charge in [-0.15, -0.1) is 23.7 Å². The molecule has 136 valence electrons. The lowest BCUT2D eigenvalue weighted by molar-refractivity contribution is -0.126. The monoisotopic (exact) mass is 379 g/mol. The van der Waals surface area contributed by atoms with E-state index in [2.05, 4.69) is 33.8 Å². The standard InChI is InChI=1S/C19H25N3OS.ClH/c20-17-4-1-3-15(13-17)14-22-10-7-16(8-11-22)19(23)21-9-6-18-5-2-12-24-18;/h1-5,12-13,16H,6-11,14,20H2,(H,21,23);1H. The number of halogens is 1. The molecule has 1 aliphatic heterocycles. The summed E-state index contributed by atoms with van der Waals surface area (Å²) < 4.78 is 0. The van der Waals surface area contributed by atoms with Crippen LogP contribution in [0.15, 0.2) is 41.8 Å². The van der Waals surface area contributed by atoms with Crippen molar-refractivity contribution in [2.45, 2.75) is 25.8 Å². The van der Waals surface area contributed by atoms with Crippen LogP contribution >= 0.6 is 23.7 Å². The Kier molecular flexibility index (Phi) is 7.75. The quantitative estimate of drug-likeness (QED) is 0.757. The number of carbonyl (C=O) groups is 1. The number of nitrogens with two attached hydrogens (primary N) is 1.